The van der Waals surface area contributed by atoms with Crippen molar-refractivity contribution in [3.63, 3.8) is 0 Å². The van der Waals surface area contributed by atoms with E-state index in [9.17, 15) is 14.7 Å². The van der Waals surface area contributed by atoms with Crippen LogP contribution in [0.15, 0.2) is 24.3 Å². The minimum Gasteiger partial charge on any atom is -0.479 e. The maximum atomic E-state index is 12.6. The second-order valence-corrected chi connectivity index (χ2v) is 9.46. The van der Waals surface area contributed by atoms with Crippen LogP contribution < -0.4 is 0 Å². The van der Waals surface area contributed by atoms with E-state index in [2.05, 4.69) is 19.1 Å². The summed E-state index contributed by atoms with van der Waals surface area (Å²) >= 11 is 1.68. The predicted molar refractivity (Wildman–Crippen MR) is 124 cm³/mol. The van der Waals surface area contributed by atoms with Crippen molar-refractivity contribution in [2.45, 2.75) is 88.9 Å². The van der Waals surface area contributed by atoms with Gasteiger partial charge in [0.05, 0.1) is 6.61 Å². The molecular weight excluding hydrogens is 400 g/mol. The zero-order valence-corrected chi connectivity index (χ0v) is 19.2. The molecule has 3 N–H and O–H groups in total. The Labute approximate surface area is 186 Å². The predicted octanol–water partition coefficient (Wildman–Crippen LogP) is 4.76. The molecule has 6 heteroatoms. The molecule has 1 aliphatic carbocycles. The lowest BCUT2D eigenvalue weighted by atomic mass is 9.91. The number of unbranched alkanes of at least 4 members (excludes halogenated alkanes) is 6. The lowest BCUT2D eigenvalue weighted by Gasteiger charge is -2.19. The number of hydrogen-bond donors (Lipinski definition) is 3. The summed E-state index contributed by atoms with van der Waals surface area (Å²) in [5, 5.41) is 27.4. The van der Waals surface area contributed by atoms with Crippen molar-refractivity contribution < 1.29 is 24.9 Å². The van der Waals surface area contributed by atoms with Crippen LogP contribution in [-0.2, 0) is 9.59 Å². The fraction of sp³-hybridized carbons (Fsp3) is 0.750. The summed E-state index contributed by atoms with van der Waals surface area (Å²) < 4.78 is 0. The van der Waals surface area contributed by atoms with Crippen LogP contribution in [0.2, 0.25) is 0 Å². The second kappa shape index (κ2) is 16.6. The Kier molecular flexibility index (Phi) is 14.9. The maximum absolute atomic E-state index is 12.6. The van der Waals surface area contributed by atoms with E-state index in [1.165, 1.54) is 38.5 Å². The van der Waals surface area contributed by atoms with E-state index in [0.29, 0.717) is 25.0 Å². The second-order valence-electron chi connectivity index (χ2n) is 8.11. The smallest absolute Gasteiger partial charge is 0.332 e. The summed E-state index contributed by atoms with van der Waals surface area (Å²) in [6.45, 7) is 2.35. The summed E-state index contributed by atoms with van der Waals surface area (Å²) in [6, 6.07) is 0. The number of carbonyl (C=O) groups excluding carboxylic acids is 1. The average molecular weight is 441 g/mol. The van der Waals surface area contributed by atoms with Crippen molar-refractivity contribution in [2.24, 2.45) is 11.8 Å². The molecule has 172 valence electrons. The first-order valence-corrected chi connectivity index (χ1v) is 12.5. The van der Waals surface area contributed by atoms with Crippen molar-refractivity contribution in [1.29, 1.82) is 0 Å². The van der Waals surface area contributed by atoms with E-state index in [-0.39, 0.29) is 35.9 Å². The van der Waals surface area contributed by atoms with Crippen LogP contribution in [0.5, 0.6) is 0 Å². The number of aliphatic carboxylic acids is 1. The van der Waals surface area contributed by atoms with Gasteiger partial charge in [0.1, 0.15) is 5.78 Å². The molecule has 1 fully saturated rings. The number of aliphatic hydroxyl groups excluding tert-OH is 2. The molecule has 0 radical (unpaired) electrons. The zero-order valence-electron chi connectivity index (χ0n) is 18.4. The summed E-state index contributed by atoms with van der Waals surface area (Å²) in [6.07, 6.45) is 17.5. The van der Waals surface area contributed by atoms with E-state index in [1.807, 2.05) is 12.2 Å². The van der Waals surface area contributed by atoms with Crippen molar-refractivity contribution in [2.75, 3.05) is 12.4 Å². The van der Waals surface area contributed by atoms with Gasteiger partial charge >= 0.3 is 5.97 Å². The normalized spacial score (nSPS) is 23.0. The van der Waals surface area contributed by atoms with Crippen LogP contribution in [0.1, 0.15) is 77.6 Å². The van der Waals surface area contributed by atoms with Gasteiger partial charge in [-0.3, -0.25) is 4.79 Å². The highest BCUT2D eigenvalue weighted by molar-refractivity contribution is 8.00. The van der Waals surface area contributed by atoms with Crippen molar-refractivity contribution >= 4 is 23.5 Å². The lowest BCUT2D eigenvalue weighted by molar-refractivity contribution is -0.146. The lowest BCUT2D eigenvalue weighted by Crippen LogP contribution is -2.18. The van der Waals surface area contributed by atoms with Crippen molar-refractivity contribution in [3.8, 4) is 0 Å². The monoisotopic (exact) mass is 440 g/mol. The molecule has 1 rings (SSSR count). The van der Waals surface area contributed by atoms with Gasteiger partial charge in [0.2, 0.25) is 0 Å². The third kappa shape index (κ3) is 10.8. The Hall–Kier alpha value is -1.11. The van der Waals surface area contributed by atoms with Crippen LogP contribution in [0.25, 0.3) is 0 Å². The number of thioether (sulfide) groups is 1. The average Bonchev–Trinajstić information content (AvgIpc) is 3.02. The number of ketones is 1. The van der Waals surface area contributed by atoms with E-state index < -0.39 is 12.1 Å². The van der Waals surface area contributed by atoms with Gasteiger partial charge in [0.15, 0.2) is 6.10 Å². The van der Waals surface area contributed by atoms with Crippen LogP contribution >= 0.6 is 11.8 Å². The van der Waals surface area contributed by atoms with Gasteiger partial charge in [-0.05, 0) is 38.0 Å². The molecule has 0 bridgehead atoms. The zero-order chi connectivity index (χ0) is 22.2. The molecule has 30 heavy (non-hydrogen) atoms. The molecule has 0 aromatic rings. The molecular formula is C24H40O5S. The molecule has 1 unspecified atom stereocenters. The molecule has 4 atom stereocenters. The SMILES string of the molecule is CCCCCCCC/C=C/[C@H]1[C@@H](SCCO)CC(=O)[C@@H]1C/C=C\CCC(O)C(=O)O. The van der Waals surface area contributed by atoms with Crippen molar-refractivity contribution in [3.05, 3.63) is 24.3 Å². The number of hydrogen-bond acceptors (Lipinski definition) is 5. The van der Waals surface area contributed by atoms with E-state index in [0.717, 1.165) is 6.42 Å². The quantitative estimate of drug-likeness (QED) is 0.223. The van der Waals surface area contributed by atoms with Gasteiger partial charge in [-0.25, -0.2) is 4.79 Å². The number of carboxylic acids is 1. The van der Waals surface area contributed by atoms with Crippen LogP contribution in [0, 0.1) is 11.8 Å². The first-order chi connectivity index (χ1) is 14.5. The fourth-order valence-electron chi connectivity index (χ4n) is 3.91. The molecule has 0 saturated heterocycles. The highest BCUT2D eigenvalue weighted by Crippen LogP contribution is 2.40. The number of aliphatic hydroxyl groups is 2. The number of carboxylic acid groups (broad SMARTS) is 1. The Morgan fingerprint density at radius 3 is 2.57 bits per heavy atom. The van der Waals surface area contributed by atoms with Gasteiger partial charge in [-0.2, -0.15) is 11.8 Å². The van der Waals surface area contributed by atoms with Gasteiger partial charge in [0, 0.05) is 23.3 Å². The Bertz CT molecular complexity index is 546. The number of carbonyl (C=O) groups is 2. The Morgan fingerprint density at radius 2 is 1.87 bits per heavy atom. The molecule has 5 nitrogen and oxygen atoms in total. The summed E-state index contributed by atoms with van der Waals surface area (Å²) in [4.78, 5) is 23.2. The number of Topliss-reactive ketones (excluding diaryl/α,β-unsaturated/α-hetero) is 1. The fourth-order valence-corrected chi connectivity index (χ4v) is 5.11. The molecule has 0 spiro atoms. The highest BCUT2D eigenvalue weighted by atomic mass is 32.2. The van der Waals surface area contributed by atoms with Gasteiger partial charge < -0.3 is 15.3 Å². The molecule has 1 saturated carbocycles. The van der Waals surface area contributed by atoms with Gasteiger partial charge in [-0.15, -0.1) is 0 Å². The minimum atomic E-state index is -1.33. The van der Waals surface area contributed by atoms with Crippen LogP contribution in [0.4, 0.5) is 0 Å². The van der Waals surface area contributed by atoms with Gasteiger partial charge in [-0.1, -0.05) is 63.3 Å². The molecule has 0 aromatic heterocycles. The van der Waals surface area contributed by atoms with Crippen molar-refractivity contribution in [1.82, 2.24) is 0 Å². The first-order valence-electron chi connectivity index (χ1n) is 11.5. The first kappa shape index (κ1) is 26.9. The summed E-state index contributed by atoms with van der Waals surface area (Å²) in [7, 11) is 0. The van der Waals surface area contributed by atoms with E-state index in [4.69, 9.17) is 10.2 Å². The van der Waals surface area contributed by atoms with Gasteiger partial charge in [0.25, 0.3) is 0 Å². The van der Waals surface area contributed by atoms with E-state index in [1.54, 1.807) is 11.8 Å². The molecule has 0 heterocycles. The molecule has 1 aliphatic rings. The van der Waals surface area contributed by atoms with Crippen LogP contribution in [-0.4, -0.2) is 50.8 Å². The molecule has 0 aliphatic heterocycles. The van der Waals surface area contributed by atoms with E-state index >= 15 is 0 Å². The number of rotatable bonds is 17. The largest absolute Gasteiger partial charge is 0.479 e. The summed E-state index contributed by atoms with van der Waals surface area (Å²) in [5.74, 6) is -0.148. The third-order valence-corrected chi connectivity index (χ3v) is 6.99. The summed E-state index contributed by atoms with van der Waals surface area (Å²) in [5.41, 5.74) is 0. The van der Waals surface area contributed by atoms with Crippen LogP contribution in [0.3, 0.4) is 0 Å². The molecule has 0 amide bonds. The standard InChI is InChI=1S/C24H40O5S/c1-2-3-4-5-6-7-8-10-14-20-19(22(27)18-23(20)30-17-16-25)13-11-9-12-15-21(26)24(28)29/h9-11,14,19-21,23,25-26H,2-8,12-13,15-18H2,1H3,(H,28,29)/b11-9-,14-10+/t19-,20-,21?,23+/m1/s1. The Morgan fingerprint density at radius 1 is 1.13 bits per heavy atom. The highest BCUT2D eigenvalue weighted by Gasteiger charge is 2.40. The Balaban J connectivity index is 2.53. The minimum absolute atomic E-state index is 0.0531. The third-order valence-electron chi connectivity index (χ3n) is 5.66. The topological polar surface area (TPSA) is 94.8 Å². The number of allylic oxidation sites excluding steroid dienone is 4. The molecule has 0 aromatic carbocycles. The maximum Gasteiger partial charge on any atom is 0.332 e.